The number of nitrogens with one attached hydrogen (secondary N) is 1. The summed E-state index contributed by atoms with van der Waals surface area (Å²) >= 11 is 0. The molecule has 27 heavy (non-hydrogen) atoms. The highest BCUT2D eigenvalue weighted by atomic mass is 32.2. The van der Waals surface area contributed by atoms with Crippen LogP contribution < -0.4 is 4.72 Å². The molecule has 1 N–H and O–H groups in total. The third kappa shape index (κ3) is 6.76. The molecule has 1 aliphatic rings. The van der Waals surface area contributed by atoms with Gasteiger partial charge in [0, 0.05) is 13.1 Å². The van der Waals surface area contributed by atoms with Gasteiger partial charge in [-0.1, -0.05) is 61.9 Å². The number of likely N-dealkylation sites (tertiary alicyclic amines) is 1. The molecule has 0 aliphatic carbocycles. The topological polar surface area (TPSA) is 49.4 Å². The highest BCUT2D eigenvalue weighted by Gasteiger charge is 2.22. The average Bonchev–Trinajstić information content (AvgIpc) is 2.70. The van der Waals surface area contributed by atoms with Gasteiger partial charge in [-0.25, -0.2) is 13.1 Å². The molecule has 0 saturated carbocycles. The van der Waals surface area contributed by atoms with E-state index in [0.29, 0.717) is 17.4 Å². The highest BCUT2D eigenvalue weighted by molar-refractivity contribution is 7.89. The number of piperidine rings is 1. The maximum Gasteiger partial charge on any atom is 0.240 e. The van der Waals surface area contributed by atoms with E-state index in [1.165, 1.54) is 5.56 Å². The molecule has 1 saturated heterocycles. The fourth-order valence-electron chi connectivity index (χ4n) is 3.22. The molecule has 1 heterocycles. The summed E-state index contributed by atoms with van der Waals surface area (Å²) < 4.78 is 27.5. The predicted molar refractivity (Wildman–Crippen MR) is 112 cm³/mol. The zero-order chi connectivity index (χ0) is 19.7. The molecular formula is C22H32N2O2S. The molecule has 4 nitrogen and oxygen atoms in total. The monoisotopic (exact) mass is 388 g/mol. The minimum absolute atomic E-state index is 0.347. The van der Waals surface area contributed by atoms with Crippen LogP contribution in [0.15, 0.2) is 59.5 Å². The molecule has 0 aromatic heterocycles. The Morgan fingerprint density at radius 3 is 2.15 bits per heavy atom. The number of rotatable bonds is 6. The molecule has 148 valence electrons. The molecule has 1 aliphatic heterocycles. The van der Waals surface area contributed by atoms with Gasteiger partial charge in [-0.15, -0.1) is 0 Å². The van der Waals surface area contributed by atoms with E-state index >= 15 is 0 Å². The molecule has 5 heteroatoms. The van der Waals surface area contributed by atoms with Crippen molar-refractivity contribution in [1.29, 1.82) is 0 Å². The zero-order valence-electron chi connectivity index (χ0n) is 16.7. The average molecular weight is 389 g/mol. The van der Waals surface area contributed by atoms with Crippen molar-refractivity contribution in [3.8, 4) is 0 Å². The van der Waals surface area contributed by atoms with E-state index in [-0.39, 0.29) is 0 Å². The van der Waals surface area contributed by atoms with Crippen LogP contribution in [0.2, 0.25) is 0 Å². The summed E-state index contributed by atoms with van der Waals surface area (Å²) in [7, 11) is -3.40. The summed E-state index contributed by atoms with van der Waals surface area (Å²) in [6, 6.07) is 17.5. The number of sulfonamides is 1. The van der Waals surface area contributed by atoms with Crippen LogP contribution in [0.1, 0.15) is 37.8 Å². The normalized spacial score (nSPS) is 15.8. The van der Waals surface area contributed by atoms with Gasteiger partial charge >= 0.3 is 0 Å². The number of hydrogen-bond donors (Lipinski definition) is 1. The Labute approximate surface area is 164 Å². The second-order valence-corrected chi connectivity index (χ2v) is 8.64. The first-order valence-corrected chi connectivity index (χ1v) is 11.3. The molecule has 0 bridgehead atoms. The summed E-state index contributed by atoms with van der Waals surface area (Å²) in [4.78, 5) is 2.79. The summed E-state index contributed by atoms with van der Waals surface area (Å²) in [5.41, 5.74) is 2.39. The first-order chi connectivity index (χ1) is 13.0. The van der Waals surface area contributed by atoms with Crippen LogP contribution in [0.3, 0.4) is 0 Å². The van der Waals surface area contributed by atoms with E-state index in [0.717, 1.165) is 38.0 Å². The second-order valence-electron chi connectivity index (χ2n) is 6.87. The van der Waals surface area contributed by atoms with E-state index in [1.54, 1.807) is 12.1 Å². The minimum Gasteiger partial charge on any atom is -0.299 e. The Balaban J connectivity index is 0.00000126. The number of nitrogens with zero attached hydrogens (tertiary/aromatic N) is 1. The van der Waals surface area contributed by atoms with E-state index < -0.39 is 10.0 Å². The van der Waals surface area contributed by atoms with Crippen molar-refractivity contribution in [1.82, 2.24) is 9.62 Å². The highest BCUT2D eigenvalue weighted by Crippen LogP contribution is 2.19. The van der Waals surface area contributed by atoms with E-state index in [9.17, 15) is 8.42 Å². The smallest absolute Gasteiger partial charge is 0.240 e. The van der Waals surface area contributed by atoms with Crippen molar-refractivity contribution in [2.45, 2.75) is 45.1 Å². The molecule has 2 aromatic rings. The summed E-state index contributed by atoms with van der Waals surface area (Å²) in [5, 5.41) is 0. The standard InChI is InChI=1S/C20H26N2O2S.C2H6/c1-17-7-9-20(10-8-17)25(23,24)21-15-18-11-13-22(14-12-18)16-19-5-3-2-4-6-19;1-2/h2-10,18,21H,11-16H2,1H3;1-2H3. The SMILES string of the molecule is CC.Cc1ccc(S(=O)(=O)NCC2CCN(Cc3ccccc3)CC2)cc1. The number of aryl methyl sites for hydroxylation is 1. The largest absolute Gasteiger partial charge is 0.299 e. The lowest BCUT2D eigenvalue weighted by Crippen LogP contribution is -2.38. The van der Waals surface area contributed by atoms with E-state index in [4.69, 9.17) is 0 Å². The van der Waals surface area contributed by atoms with Crippen molar-refractivity contribution >= 4 is 10.0 Å². The van der Waals surface area contributed by atoms with Crippen molar-refractivity contribution in [3.05, 3.63) is 65.7 Å². The fraction of sp³-hybridized carbons (Fsp3) is 0.455. The third-order valence-electron chi connectivity index (χ3n) is 4.85. The van der Waals surface area contributed by atoms with Crippen LogP contribution in [-0.4, -0.2) is 33.0 Å². The molecule has 0 atom stereocenters. The Morgan fingerprint density at radius 1 is 0.963 bits per heavy atom. The molecule has 2 aromatic carbocycles. The quantitative estimate of drug-likeness (QED) is 0.806. The first-order valence-electron chi connectivity index (χ1n) is 9.85. The predicted octanol–water partition coefficient (Wildman–Crippen LogP) is 4.21. The van der Waals surface area contributed by atoms with Crippen molar-refractivity contribution < 1.29 is 8.42 Å². The summed E-state index contributed by atoms with van der Waals surface area (Å²) in [5.74, 6) is 0.409. The third-order valence-corrected chi connectivity index (χ3v) is 6.29. The maximum atomic E-state index is 12.4. The summed E-state index contributed by atoms with van der Waals surface area (Å²) in [6.45, 7) is 9.49. The van der Waals surface area contributed by atoms with Crippen LogP contribution in [0.4, 0.5) is 0 Å². The molecule has 0 amide bonds. The molecular weight excluding hydrogens is 356 g/mol. The van der Waals surface area contributed by atoms with Crippen molar-refractivity contribution in [3.63, 3.8) is 0 Å². The number of hydrogen-bond acceptors (Lipinski definition) is 3. The zero-order valence-corrected chi connectivity index (χ0v) is 17.5. The van der Waals surface area contributed by atoms with Gasteiger partial charge in [0.05, 0.1) is 4.90 Å². The van der Waals surface area contributed by atoms with Crippen LogP contribution in [0.5, 0.6) is 0 Å². The van der Waals surface area contributed by atoms with Gasteiger partial charge in [0.25, 0.3) is 0 Å². The van der Waals surface area contributed by atoms with Crippen LogP contribution in [0, 0.1) is 12.8 Å². The lowest BCUT2D eigenvalue weighted by atomic mass is 9.97. The molecule has 0 unspecified atom stereocenters. The Kier molecular flexibility index (Phi) is 8.48. The van der Waals surface area contributed by atoms with Crippen LogP contribution in [-0.2, 0) is 16.6 Å². The van der Waals surface area contributed by atoms with Crippen molar-refractivity contribution in [2.24, 2.45) is 5.92 Å². The maximum absolute atomic E-state index is 12.4. The minimum atomic E-state index is -3.40. The Hall–Kier alpha value is -1.69. The van der Waals surface area contributed by atoms with Gasteiger partial charge in [-0.3, -0.25) is 4.90 Å². The molecule has 1 fully saturated rings. The van der Waals surface area contributed by atoms with Gasteiger partial charge in [0.2, 0.25) is 10.0 Å². The first kappa shape index (κ1) is 21.6. The van der Waals surface area contributed by atoms with Gasteiger partial charge in [-0.2, -0.15) is 0 Å². The Morgan fingerprint density at radius 2 is 1.56 bits per heavy atom. The van der Waals surface area contributed by atoms with Gasteiger partial charge in [0.1, 0.15) is 0 Å². The lowest BCUT2D eigenvalue weighted by Gasteiger charge is -2.32. The molecule has 0 spiro atoms. The Bertz CT molecular complexity index is 766. The van der Waals surface area contributed by atoms with Gasteiger partial charge in [0.15, 0.2) is 0 Å². The van der Waals surface area contributed by atoms with Gasteiger partial charge in [-0.05, 0) is 56.5 Å². The number of benzene rings is 2. The van der Waals surface area contributed by atoms with E-state index in [1.807, 2.05) is 39.0 Å². The van der Waals surface area contributed by atoms with E-state index in [2.05, 4.69) is 33.9 Å². The van der Waals surface area contributed by atoms with Crippen molar-refractivity contribution in [2.75, 3.05) is 19.6 Å². The molecule has 0 radical (unpaired) electrons. The summed E-state index contributed by atoms with van der Waals surface area (Å²) in [6.07, 6.45) is 2.06. The lowest BCUT2D eigenvalue weighted by molar-refractivity contribution is 0.178. The fourth-order valence-corrected chi connectivity index (χ4v) is 4.33. The molecule has 3 rings (SSSR count). The second kappa shape index (κ2) is 10.6. The van der Waals surface area contributed by atoms with Crippen LogP contribution >= 0.6 is 0 Å². The van der Waals surface area contributed by atoms with Gasteiger partial charge < -0.3 is 0 Å². The van der Waals surface area contributed by atoms with Crippen LogP contribution in [0.25, 0.3) is 0 Å².